The molecule has 0 saturated heterocycles. The van der Waals surface area contributed by atoms with E-state index in [1.54, 1.807) is 25.1 Å². The number of hydrogen-bond donors (Lipinski definition) is 0. The minimum atomic E-state index is -0.0610. The van der Waals surface area contributed by atoms with Crippen LogP contribution in [0.3, 0.4) is 0 Å². The van der Waals surface area contributed by atoms with Gasteiger partial charge >= 0.3 is 0 Å². The Labute approximate surface area is 192 Å². The van der Waals surface area contributed by atoms with Crippen LogP contribution in [0.2, 0.25) is 0 Å². The van der Waals surface area contributed by atoms with Crippen LogP contribution in [0.1, 0.15) is 5.69 Å². The van der Waals surface area contributed by atoms with Crippen molar-refractivity contribution < 1.29 is 9.47 Å². The van der Waals surface area contributed by atoms with Crippen molar-refractivity contribution >= 4 is 32.9 Å². The smallest absolute Gasteiger partial charge is 0.262 e. The Bertz CT molecular complexity index is 1450. The summed E-state index contributed by atoms with van der Waals surface area (Å²) in [7, 11) is 3.22. The second-order valence-electron chi connectivity index (χ2n) is 7.09. The van der Waals surface area contributed by atoms with Crippen molar-refractivity contribution in [3.05, 3.63) is 82.4 Å². The predicted molar refractivity (Wildman–Crippen MR) is 129 cm³/mol. The first kappa shape index (κ1) is 20.4. The van der Waals surface area contributed by atoms with Gasteiger partial charge in [-0.1, -0.05) is 30.3 Å². The van der Waals surface area contributed by atoms with Gasteiger partial charge in [-0.15, -0.1) is 22.7 Å². The zero-order valence-electron chi connectivity index (χ0n) is 17.4. The van der Waals surface area contributed by atoms with Crippen LogP contribution in [0.5, 0.6) is 11.5 Å². The monoisotopic (exact) mass is 461 g/mol. The van der Waals surface area contributed by atoms with Crippen molar-refractivity contribution in [2.75, 3.05) is 14.2 Å². The van der Waals surface area contributed by atoms with Crippen molar-refractivity contribution in [3.8, 4) is 32.5 Å². The third-order valence-corrected chi connectivity index (χ3v) is 7.12. The van der Waals surface area contributed by atoms with E-state index in [4.69, 9.17) is 14.5 Å². The highest BCUT2D eigenvalue weighted by Crippen LogP contribution is 2.34. The number of nitrogens with zero attached hydrogens (tertiary/aromatic N) is 3. The van der Waals surface area contributed by atoms with E-state index in [0.29, 0.717) is 23.4 Å². The molecule has 0 aliphatic heterocycles. The highest BCUT2D eigenvalue weighted by Gasteiger charge is 2.13. The molecule has 160 valence electrons. The van der Waals surface area contributed by atoms with Gasteiger partial charge in [0, 0.05) is 15.8 Å². The molecular weight excluding hydrogens is 442 g/mol. The third kappa shape index (κ3) is 3.79. The molecule has 0 aliphatic carbocycles. The van der Waals surface area contributed by atoms with Gasteiger partial charge in [0.15, 0.2) is 11.5 Å². The molecule has 8 heteroatoms. The maximum atomic E-state index is 13.1. The van der Waals surface area contributed by atoms with Gasteiger partial charge in [-0.2, -0.15) is 0 Å². The lowest BCUT2D eigenvalue weighted by atomic mass is 10.2. The molecule has 0 saturated carbocycles. The van der Waals surface area contributed by atoms with Crippen LogP contribution in [0.4, 0.5) is 0 Å². The van der Waals surface area contributed by atoms with E-state index in [2.05, 4.69) is 4.98 Å². The number of aromatic nitrogens is 3. The molecular formula is C24H19N3O3S2. The van der Waals surface area contributed by atoms with Crippen LogP contribution in [-0.4, -0.2) is 28.8 Å². The molecule has 3 aromatic heterocycles. The largest absolute Gasteiger partial charge is 0.493 e. The molecule has 0 atom stereocenters. The van der Waals surface area contributed by atoms with E-state index in [1.807, 2.05) is 60.0 Å². The molecule has 3 heterocycles. The number of thiazole rings is 1. The molecule has 0 unspecified atom stereocenters. The van der Waals surface area contributed by atoms with Crippen LogP contribution < -0.4 is 15.0 Å². The van der Waals surface area contributed by atoms with E-state index >= 15 is 0 Å². The van der Waals surface area contributed by atoms with E-state index in [9.17, 15) is 4.79 Å². The first-order valence-electron chi connectivity index (χ1n) is 9.87. The van der Waals surface area contributed by atoms with Gasteiger partial charge in [-0.25, -0.2) is 9.97 Å². The average molecular weight is 462 g/mol. The lowest BCUT2D eigenvalue weighted by Crippen LogP contribution is -2.20. The number of rotatable bonds is 6. The van der Waals surface area contributed by atoms with Gasteiger partial charge in [0.25, 0.3) is 5.56 Å². The summed E-state index contributed by atoms with van der Waals surface area (Å²) in [6.45, 7) is 0.363. The zero-order chi connectivity index (χ0) is 22.1. The molecule has 6 nitrogen and oxygen atoms in total. The summed E-state index contributed by atoms with van der Waals surface area (Å²) >= 11 is 3.05. The van der Waals surface area contributed by atoms with Crippen LogP contribution in [0, 0.1) is 0 Å². The number of ether oxygens (including phenoxy) is 2. The van der Waals surface area contributed by atoms with Crippen LogP contribution in [0.25, 0.3) is 31.2 Å². The molecule has 2 aromatic carbocycles. The Morgan fingerprint density at radius 3 is 2.56 bits per heavy atom. The molecule has 0 N–H and O–H groups in total. The van der Waals surface area contributed by atoms with Crippen LogP contribution >= 0.6 is 22.7 Å². The van der Waals surface area contributed by atoms with E-state index < -0.39 is 0 Å². The molecule has 0 amide bonds. The van der Waals surface area contributed by atoms with E-state index in [0.717, 1.165) is 31.5 Å². The molecule has 0 bridgehead atoms. The highest BCUT2D eigenvalue weighted by atomic mass is 32.1. The normalized spacial score (nSPS) is 11.1. The molecule has 0 fully saturated rings. The minimum Gasteiger partial charge on any atom is -0.493 e. The maximum absolute atomic E-state index is 13.1. The summed E-state index contributed by atoms with van der Waals surface area (Å²) in [6.07, 6.45) is 1.60. The molecule has 5 rings (SSSR count). The van der Waals surface area contributed by atoms with Gasteiger partial charge < -0.3 is 9.47 Å². The zero-order valence-corrected chi connectivity index (χ0v) is 19.1. The lowest BCUT2D eigenvalue weighted by Gasteiger charge is -2.08. The van der Waals surface area contributed by atoms with Gasteiger partial charge in [0.2, 0.25) is 0 Å². The van der Waals surface area contributed by atoms with Gasteiger partial charge in [-0.3, -0.25) is 9.36 Å². The fraction of sp³-hybridized carbons (Fsp3) is 0.125. The van der Waals surface area contributed by atoms with Crippen molar-refractivity contribution in [3.63, 3.8) is 0 Å². The Balaban J connectivity index is 1.44. The summed E-state index contributed by atoms with van der Waals surface area (Å²) < 4.78 is 12.3. The number of hydrogen-bond acceptors (Lipinski definition) is 7. The lowest BCUT2D eigenvalue weighted by molar-refractivity contribution is 0.355. The Hall–Kier alpha value is -3.49. The predicted octanol–water partition coefficient (Wildman–Crippen LogP) is 5.31. The highest BCUT2D eigenvalue weighted by molar-refractivity contribution is 7.21. The van der Waals surface area contributed by atoms with Crippen molar-refractivity contribution in [1.82, 2.24) is 14.5 Å². The average Bonchev–Trinajstić information content (AvgIpc) is 3.49. The van der Waals surface area contributed by atoms with Crippen LogP contribution in [-0.2, 0) is 6.54 Å². The summed E-state index contributed by atoms with van der Waals surface area (Å²) in [5, 5.41) is 3.45. The first-order chi connectivity index (χ1) is 15.7. The van der Waals surface area contributed by atoms with Gasteiger partial charge in [0.05, 0.1) is 38.2 Å². The second kappa shape index (κ2) is 8.57. The number of benzene rings is 2. The number of methoxy groups -OCH3 is 2. The Kier molecular flexibility index (Phi) is 5.46. The topological polar surface area (TPSA) is 66.2 Å². The standard InChI is InChI=1S/C24H19N3O3S2/c1-29-19-9-8-16(10-20(19)30-2)22-26-17(13-31-22)12-27-14-25-23-18(24(27)28)11-21(32-23)15-6-4-3-5-7-15/h3-11,13-14H,12H2,1-2H3. The minimum absolute atomic E-state index is 0.0610. The Morgan fingerprint density at radius 1 is 0.969 bits per heavy atom. The maximum Gasteiger partial charge on any atom is 0.262 e. The summed E-state index contributed by atoms with van der Waals surface area (Å²) in [5.74, 6) is 1.32. The molecule has 0 spiro atoms. The fourth-order valence-corrected chi connectivity index (χ4v) is 5.28. The summed E-state index contributed by atoms with van der Waals surface area (Å²) in [6, 6.07) is 17.7. The Morgan fingerprint density at radius 2 is 1.78 bits per heavy atom. The molecule has 0 aliphatic rings. The van der Waals surface area contributed by atoms with E-state index in [-0.39, 0.29) is 5.56 Å². The molecule has 5 aromatic rings. The number of thiophene rings is 1. The quantitative estimate of drug-likeness (QED) is 0.343. The molecule has 32 heavy (non-hydrogen) atoms. The van der Waals surface area contributed by atoms with Gasteiger partial charge in [0.1, 0.15) is 9.84 Å². The fourth-order valence-electron chi connectivity index (χ4n) is 3.47. The summed E-state index contributed by atoms with van der Waals surface area (Å²) in [5.41, 5.74) is 2.77. The third-order valence-electron chi connectivity index (χ3n) is 5.09. The second-order valence-corrected chi connectivity index (χ2v) is 8.98. The summed E-state index contributed by atoms with van der Waals surface area (Å²) in [4.78, 5) is 24.1. The van der Waals surface area contributed by atoms with E-state index in [1.165, 1.54) is 22.7 Å². The first-order valence-corrected chi connectivity index (χ1v) is 11.6. The van der Waals surface area contributed by atoms with Crippen molar-refractivity contribution in [2.45, 2.75) is 6.54 Å². The van der Waals surface area contributed by atoms with Crippen LogP contribution in [0.15, 0.2) is 71.1 Å². The number of fused-ring (bicyclic) bond motifs is 1. The van der Waals surface area contributed by atoms with Gasteiger partial charge in [-0.05, 0) is 29.8 Å². The van der Waals surface area contributed by atoms with Crippen molar-refractivity contribution in [1.29, 1.82) is 0 Å². The molecule has 0 radical (unpaired) electrons. The van der Waals surface area contributed by atoms with Crippen molar-refractivity contribution in [2.24, 2.45) is 0 Å². The SMILES string of the molecule is COc1ccc(-c2nc(Cn3cnc4sc(-c5ccccc5)cc4c3=O)cs2)cc1OC.